The Kier molecular flexibility index (Phi) is 7.00. The van der Waals surface area contributed by atoms with Gasteiger partial charge in [0.05, 0.1) is 19.8 Å². The summed E-state index contributed by atoms with van der Waals surface area (Å²) in [6, 6.07) is 4.06. The maximum absolute atomic E-state index is 12.1. The van der Waals surface area contributed by atoms with E-state index in [-0.39, 0.29) is 23.8 Å². The number of phenolic OH excluding ortho intramolecular Hbond substituents is 2. The van der Waals surface area contributed by atoms with Crippen molar-refractivity contribution in [3.63, 3.8) is 0 Å². The van der Waals surface area contributed by atoms with Crippen molar-refractivity contribution in [3.8, 4) is 11.5 Å². The Bertz CT molecular complexity index is 428. The average Bonchev–Trinajstić information content (AvgIpc) is 2.44. The molecule has 20 heavy (non-hydrogen) atoms. The summed E-state index contributed by atoms with van der Waals surface area (Å²) in [5.41, 5.74) is 0.361. The van der Waals surface area contributed by atoms with E-state index in [9.17, 15) is 15.0 Å². The van der Waals surface area contributed by atoms with E-state index in [1.54, 1.807) is 14.2 Å². The molecule has 0 unspecified atom stereocenters. The Hall–Kier alpha value is -1.63. The molecule has 2 N–H and O–H groups in total. The maximum Gasteiger partial charge on any atom is 0.176 e. The molecule has 0 radical (unpaired) electrons. The summed E-state index contributed by atoms with van der Waals surface area (Å²) in [5.74, 6) is -0.666. The molecule has 0 bridgehead atoms. The molecule has 1 aromatic rings. The van der Waals surface area contributed by atoms with Crippen LogP contribution >= 0.6 is 0 Å². The normalized spacial score (nSPS) is 10.9. The molecule has 1 aromatic carbocycles. The van der Waals surface area contributed by atoms with Crippen LogP contribution in [0.25, 0.3) is 0 Å². The molecule has 0 heterocycles. The summed E-state index contributed by atoms with van der Waals surface area (Å²) < 4.78 is 10.0. The van der Waals surface area contributed by atoms with E-state index in [1.165, 1.54) is 18.2 Å². The lowest BCUT2D eigenvalue weighted by atomic mass is 10.1. The second-order valence-corrected chi connectivity index (χ2v) is 4.39. The molecule has 6 heteroatoms. The zero-order chi connectivity index (χ0) is 15.0. The van der Waals surface area contributed by atoms with Gasteiger partial charge >= 0.3 is 0 Å². The standard InChI is InChI=1S/C14H21NO5/c1-19-7-5-15(6-8-20-2)10-14(18)11-3-4-12(16)13(17)9-11/h3-4,9,16-17H,5-8,10H2,1-2H3. The highest BCUT2D eigenvalue weighted by Gasteiger charge is 2.14. The Balaban J connectivity index is 2.65. The molecule has 0 aliphatic carbocycles. The molecule has 0 atom stereocenters. The number of carbonyl (C=O) groups excluding carboxylic acids is 1. The molecular weight excluding hydrogens is 262 g/mol. The molecule has 0 fully saturated rings. The predicted octanol–water partition coefficient (Wildman–Crippen LogP) is 0.875. The SMILES string of the molecule is COCCN(CCOC)CC(=O)c1ccc(O)c(O)c1. The predicted molar refractivity (Wildman–Crippen MR) is 74.3 cm³/mol. The molecule has 0 amide bonds. The van der Waals surface area contributed by atoms with Crippen LogP contribution in [0.15, 0.2) is 18.2 Å². The van der Waals surface area contributed by atoms with Gasteiger partial charge in [0, 0.05) is 32.9 Å². The fourth-order valence-electron chi connectivity index (χ4n) is 1.70. The highest BCUT2D eigenvalue weighted by molar-refractivity contribution is 5.98. The first-order valence-electron chi connectivity index (χ1n) is 6.34. The zero-order valence-corrected chi connectivity index (χ0v) is 11.8. The van der Waals surface area contributed by atoms with Gasteiger partial charge in [-0.05, 0) is 18.2 Å². The van der Waals surface area contributed by atoms with E-state index in [2.05, 4.69) is 0 Å². The van der Waals surface area contributed by atoms with E-state index in [4.69, 9.17) is 9.47 Å². The van der Waals surface area contributed by atoms with Gasteiger partial charge in [0.1, 0.15) is 0 Å². The number of methoxy groups -OCH3 is 2. The van der Waals surface area contributed by atoms with E-state index >= 15 is 0 Å². The Morgan fingerprint density at radius 1 is 1.10 bits per heavy atom. The number of rotatable bonds is 9. The van der Waals surface area contributed by atoms with Gasteiger partial charge in [-0.15, -0.1) is 0 Å². The number of hydrogen-bond donors (Lipinski definition) is 2. The van der Waals surface area contributed by atoms with Crippen LogP contribution in [0.2, 0.25) is 0 Å². The van der Waals surface area contributed by atoms with Crippen molar-refractivity contribution in [2.75, 3.05) is 47.1 Å². The number of hydrogen-bond acceptors (Lipinski definition) is 6. The van der Waals surface area contributed by atoms with Crippen LogP contribution in [0, 0.1) is 0 Å². The topological polar surface area (TPSA) is 79.2 Å². The molecule has 0 spiro atoms. The molecular formula is C14H21NO5. The molecule has 0 aromatic heterocycles. The third-order valence-electron chi connectivity index (χ3n) is 2.89. The number of aromatic hydroxyl groups is 2. The monoisotopic (exact) mass is 283 g/mol. The minimum atomic E-state index is -0.295. The first-order valence-corrected chi connectivity index (χ1v) is 6.34. The van der Waals surface area contributed by atoms with Crippen molar-refractivity contribution in [2.45, 2.75) is 0 Å². The summed E-state index contributed by atoms with van der Waals surface area (Å²) in [7, 11) is 3.21. The lowest BCUT2D eigenvalue weighted by Gasteiger charge is -2.20. The van der Waals surface area contributed by atoms with Gasteiger partial charge in [0.2, 0.25) is 0 Å². The van der Waals surface area contributed by atoms with Gasteiger partial charge in [-0.25, -0.2) is 0 Å². The fraction of sp³-hybridized carbons (Fsp3) is 0.500. The van der Waals surface area contributed by atoms with E-state index in [1.807, 2.05) is 4.90 Å². The molecule has 0 aliphatic heterocycles. The zero-order valence-electron chi connectivity index (χ0n) is 11.8. The minimum Gasteiger partial charge on any atom is -0.504 e. The second-order valence-electron chi connectivity index (χ2n) is 4.39. The van der Waals surface area contributed by atoms with Crippen LogP contribution < -0.4 is 0 Å². The molecule has 0 aliphatic rings. The number of phenols is 2. The summed E-state index contributed by atoms with van der Waals surface area (Å²) in [6.45, 7) is 2.50. The summed E-state index contributed by atoms with van der Waals surface area (Å²) in [4.78, 5) is 14.0. The average molecular weight is 283 g/mol. The fourth-order valence-corrected chi connectivity index (χ4v) is 1.70. The highest BCUT2D eigenvalue weighted by atomic mass is 16.5. The number of ketones is 1. The Labute approximate surface area is 118 Å². The summed E-state index contributed by atoms with van der Waals surface area (Å²) in [6.07, 6.45) is 0. The van der Waals surface area contributed by atoms with Crippen molar-refractivity contribution in [1.82, 2.24) is 4.90 Å². The smallest absolute Gasteiger partial charge is 0.176 e. The lowest BCUT2D eigenvalue weighted by Crippen LogP contribution is -2.35. The second kappa shape index (κ2) is 8.52. The quantitative estimate of drug-likeness (QED) is 0.517. The van der Waals surface area contributed by atoms with Gasteiger partial charge in [-0.1, -0.05) is 0 Å². The largest absolute Gasteiger partial charge is 0.504 e. The number of ether oxygens (including phenoxy) is 2. The molecule has 0 saturated carbocycles. The third kappa shape index (κ3) is 5.16. The molecule has 112 valence electrons. The van der Waals surface area contributed by atoms with E-state index in [0.717, 1.165) is 0 Å². The van der Waals surface area contributed by atoms with Gasteiger partial charge in [0.25, 0.3) is 0 Å². The van der Waals surface area contributed by atoms with Crippen molar-refractivity contribution in [3.05, 3.63) is 23.8 Å². The van der Waals surface area contributed by atoms with Crippen molar-refractivity contribution in [1.29, 1.82) is 0 Å². The Morgan fingerprint density at radius 3 is 2.20 bits per heavy atom. The first-order chi connectivity index (χ1) is 9.58. The minimum absolute atomic E-state index is 0.132. The van der Waals surface area contributed by atoms with E-state index in [0.29, 0.717) is 31.9 Å². The molecule has 1 rings (SSSR count). The van der Waals surface area contributed by atoms with Gasteiger partial charge in [-0.2, -0.15) is 0 Å². The van der Waals surface area contributed by atoms with Crippen LogP contribution in [-0.2, 0) is 9.47 Å². The van der Waals surface area contributed by atoms with Gasteiger partial charge in [-0.3, -0.25) is 9.69 Å². The van der Waals surface area contributed by atoms with Gasteiger partial charge < -0.3 is 19.7 Å². The van der Waals surface area contributed by atoms with Crippen LogP contribution in [-0.4, -0.2) is 68.0 Å². The lowest BCUT2D eigenvalue weighted by molar-refractivity contribution is 0.0836. The van der Waals surface area contributed by atoms with Crippen LogP contribution in [0.5, 0.6) is 11.5 Å². The van der Waals surface area contributed by atoms with E-state index < -0.39 is 0 Å². The maximum atomic E-state index is 12.1. The van der Waals surface area contributed by atoms with Crippen molar-refractivity contribution in [2.24, 2.45) is 0 Å². The number of benzene rings is 1. The number of carbonyl (C=O) groups is 1. The first kappa shape index (κ1) is 16.4. The van der Waals surface area contributed by atoms with Crippen LogP contribution in [0.1, 0.15) is 10.4 Å². The summed E-state index contributed by atoms with van der Waals surface area (Å²) in [5, 5.41) is 18.6. The van der Waals surface area contributed by atoms with Crippen molar-refractivity contribution >= 4 is 5.78 Å². The highest BCUT2D eigenvalue weighted by Crippen LogP contribution is 2.25. The van der Waals surface area contributed by atoms with Crippen LogP contribution in [0.3, 0.4) is 0 Å². The molecule has 6 nitrogen and oxygen atoms in total. The summed E-state index contributed by atoms with van der Waals surface area (Å²) >= 11 is 0. The van der Waals surface area contributed by atoms with Crippen molar-refractivity contribution < 1.29 is 24.5 Å². The van der Waals surface area contributed by atoms with Gasteiger partial charge in [0.15, 0.2) is 17.3 Å². The Morgan fingerprint density at radius 2 is 1.70 bits per heavy atom. The number of nitrogens with zero attached hydrogens (tertiary/aromatic N) is 1. The third-order valence-corrected chi connectivity index (χ3v) is 2.89. The number of Topliss-reactive ketones (excluding diaryl/α,β-unsaturated/α-hetero) is 1. The molecule has 0 saturated heterocycles. The van der Waals surface area contributed by atoms with Crippen LogP contribution in [0.4, 0.5) is 0 Å².